The molecule has 0 saturated heterocycles. The lowest BCUT2D eigenvalue weighted by atomic mass is 10.1. The number of methoxy groups -OCH3 is 1. The summed E-state index contributed by atoms with van der Waals surface area (Å²) >= 11 is 1.15. The van der Waals surface area contributed by atoms with Gasteiger partial charge in [-0.15, -0.1) is 11.3 Å². The number of primary amides is 1. The Morgan fingerprint density at radius 2 is 1.65 bits per heavy atom. The molecular weight excluding hydrogens is 642 g/mol. The number of benzene rings is 3. The van der Waals surface area contributed by atoms with Gasteiger partial charge in [0.2, 0.25) is 5.91 Å². The number of rotatable bonds is 12. The second-order valence-corrected chi connectivity index (χ2v) is 12.0. The van der Waals surface area contributed by atoms with Crippen molar-refractivity contribution in [2.24, 2.45) is 5.73 Å². The van der Waals surface area contributed by atoms with Crippen molar-refractivity contribution in [1.82, 2.24) is 19.4 Å². The Morgan fingerprint density at radius 3 is 2.25 bits per heavy atom. The van der Waals surface area contributed by atoms with Crippen LogP contribution in [0.4, 0.5) is 19.3 Å². The van der Waals surface area contributed by atoms with E-state index in [0.717, 1.165) is 28.0 Å². The van der Waals surface area contributed by atoms with E-state index >= 15 is 0 Å². The normalized spacial score (nSPS) is 11.3. The Labute approximate surface area is 278 Å². The lowest BCUT2D eigenvalue weighted by Gasteiger charge is -2.18. The minimum atomic E-state index is -0.842. The highest BCUT2D eigenvalue weighted by Gasteiger charge is 2.26. The molecule has 48 heavy (non-hydrogen) atoms. The number of ether oxygens (including phenoxy) is 1. The van der Waals surface area contributed by atoms with Crippen molar-refractivity contribution in [2.75, 3.05) is 39.2 Å². The molecule has 2 heterocycles. The predicted molar refractivity (Wildman–Crippen MR) is 182 cm³/mol. The molecule has 0 aliphatic heterocycles. The first-order chi connectivity index (χ1) is 23.0. The number of nitrogens with zero attached hydrogens (tertiary/aromatic N) is 3. The number of aromatic nitrogens is 2. The van der Waals surface area contributed by atoms with Crippen molar-refractivity contribution in [1.29, 1.82) is 0 Å². The van der Waals surface area contributed by atoms with Crippen LogP contribution in [0.15, 0.2) is 76.3 Å². The third-order valence-electron chi connectivity index (χ3n) is 7.71. The van der Waals surface area contributed by atoms with Crippen LogP contribution in [0, 0.1) is 11.6 Å². The number of likely N-dealkylation sites (N-methyl/N-ethyl adjacent to an activating group) is 1. The van der Waals surface area contributed by atoms with Gasteiger partial charge in [-0.1, -0.05) is 18.2 Å². The van der Waals surface area contributed by atoms with Crippen molar-refractivity contribution in [2.45, 2.75) is 20.0 Å². The van der Waals surface area contributed by atoms with E-state index in [1.54, 1.807) is 38.3 Å². The largest absolute Gasteiger partial charge is 0.383 e. The number of carbonyl (C=O) groups is 2. The van der Waals surface area contributed by atoms with Crippen molar-refractivity contribution >= 4 is 39.2 Å². The van der Waals surface area contributed by atoms with Crippen LogP contribution in [-0.4, -0.2) is 59.8 Å². The van der Waals surface area contributed by atoms with Gasteiger partial charge in [-0.2, -0.15) is 0 Å². The van der Waals surface area contributed by atoms with Crippen LogP contribution >= 0.6 is 11.3 Å². The number of anilines is 1. The molecule has 0 unspecified atom stereocenters. The van der Waals surface area contributed by atoms with Crippen LogP contribution in [0.25, 0.3) is 26.3 Å². The number of fused-ring (bicyclic) bond motifs is 1. The van der Waals surface area contributed by atoms with Crippen molar-refractivity contribution in [3.05, 3.63) is 116 Å². The van der Waals surface area contributed by atoms with Crippen LogP contribution in [0.1, 0.15) is 28.4 Å². The number of thiophene rings is 1. The maximum Gasteiger partial charge on any atom is 0.337 e. The molecule has 0 saturated carbocycles. The lowest BCUT2D eigenvalue weighted by molar-refractivity contribution is 0.1000. The lowest BCUT2D eigenvalue weighted by Crippen LogP contribution is -2.39. The monoisotopic (exact) mass is 676 g/mol. The fourth-order valence-corrected chi connectivity index (χ4v) is 6.58. The van der Waals surface area contributed by atoms with Gasteiger partial charge in [-0.3, -0.25) is 19.1 Å². The second-order valence-electron chi connectivity index (χ2n) is 11.0. The third kappa shape index (κ3) is 7.05. The van der Waals surface area contributed by atoms with Crippen LogP contribution in [0.3, 0.4) is 0 Å². The van der Waals surface area contributed by atoms with E-state index in [4.69, 9.17) is 10.5 Å². The Hall–Kier alpha value is -5.18. The van der Waals surface area contributed by atoms with E-state index in [2.05, 4.69) is 10.6 Å². The summed E-state index contributed by atoms with van der Waals surface area (Å²) in [6.07, 6.45) is 0. The van der Waals surface area contributed by atoms with E-state index in [0.29, 0.717) is 41.4 Å². The van der Waals surface area contributed by atoms with Gasteiger partial charge in [0, 0.05) is 48.4 Å². The zero-order chi connectivity index (χ0) is 34.5. The molecule has 11 nitrogen and oxygen atoms in total. The minimum Gasteiger partial charge on any atom is -0.383 e. The highest BCUT2D eigenvalue weighted by molar-refractivity contribution is 7.22. The summed E-state index contributed by atoms with van der Waals surface area (Å²) in [5, 5.41) is 5.61. The van der Waals surface area contributed by atoms with Gasteiger partial charge in [-0.05, 0) is 73.6 Å². The molecule has 14 heteroatoms. The van der Waals surface area contributed by atoms with E-state index in [1.807, 2.05) is 11.9 Å². The molecule has 0 aliphatic carbocycles. The average molecular weight is 677 g/mol. The maximum atomic E-state index is 15.0. The van der Waals surface area contributed by atoms with E-state index in [9.17, 15) is 28.0 Å². The van der Waals surface area contributed by atoms with Gasteiger partial charge in [0.1, 0.15) is 16.5 Å². The highest BCUT2D eigenvalue weighted by Crippen LogP contribution is 2.38. The summed E-state index contributed by atoms with van der Waals surface area (Å²) in [5.41, 5.74) is 5.74. The molecule has 0 bridgehead atoms. The molecule has 0 atom stereocenters. The molecule has 0 spiro atoms. The van der Waals surface area contributed by atoms with Gasteiger partial charge in [0.05, 0.1) is 24.2 Å². The molecule has 5 aromatic rings. The number of carbonyl (C=O) groups excluding carboxylic acids is 2. The molecule has 0 aliphatic rings. The van der Waals surface area contributed by atoms with E-state index in [1.165, 1.54) is 34.9 Å². The van der Waals surface area contributed by atoms with Crippen molar-refractivity contribution < 1.29 is 23.1 Å². The van der Waals surface area contributed by atoms with Gasteiger partial charge in [0.15, 0.2) is 0 Å². The summed E-state index contributed by atoms with van der Waals surface area (Å²) in [6.45, 7) is 2.96. The first-order valence-electron chi connectivity index (χ1n) is 15.0. The van der Waals surface area contributed by atoms with Gasteiger partial charge >= 0.3 is 11.7 Å². The van der Waals surface area contributed by atoms with Gasteiger partial charge in [0.25, 0.3) is 5.56 Å². The molecule has 3 amide bonds. The fourth-order valence-electron chi connectivity index (χ4n) is 5.27. The number of urea groups is 1. The number of hydrogen-bond donors (Lipinski definition) is 3. The Morgan fingerprint density at radius 1 is 0.979 bits per heavy atom. The van der Waals surface area contributed by atoms with Crippen molar-refractivity contribution in [3.8, 4) is 16.1 Å². The minimum absolute atomic E-state index is 0.145. The first-order valence-corrected chi connectivity index (χ1v) is 15.8. The van der Waals surface area contributed by atoms with Gasteiger partial charge in [-0.25, -0.2) is 22.9 Å². The Bertz CT molecular complexity index is 2070. The summed E-state index contributed by atoms with van der Waals surface area (Å²) < 4.78 is 37.4. The molecule has 5 rings (SSSR count). The zero-order valence-electron chi connectivity index (χ0n) is 26.5. The molecule has 4 N–H and O–H groups in total. The van der Waals surface area contributed by atoms with E-state index < -0.39 is 35.3 Å². The van der Waals surface area contributed by atoms with E-state index in [-0.39, 0.29) is 39.6 Å². The quantitative estimate of drug-likeness (QED) is 0.178. The number of amides is 3. The Kier molecular flexibility index (Phi) is 10.5. The van der Waals surface area contributed by atoms with Crippen molar-refractivity contribution in [3.63, 3.8) is 0 Å². The number of hydrogen-bond acceptors (Lipinski definition) is 7. The summed E-state index contributed by atoms with van der Waals surface area (Å²) in [6, 6.07) is 15.7. The van der Waals surface area contributed by atoms with Gasteiger partial charge < -0.3 is 21.1 Å². The van der Waals surface area contributed by atoms with Crippen LogP contribution in [0.2, 0.25) is 0 Å². The third-order valence-corrected chi connectivity index (χ3v) is 9.01. The summed E-state index contributed by atoms with van der Waals surface area (Å²) in [7, 11) is 3.44. The topological polar surface area (TPSA) is 141 Å². The zero-order valence-corrected chi connectivity index (χ0v) is 27.3. The predicted octanol–water partition coefficient (Wildman–Crippen LogP) is 4.53. The number of nitrogens with one attached hydrogen (secondary N) is 2. The van der Waals surface area contributed by atoms with Crippen LogP contribution < -0.4 is 27.6 Å². The molecule has 2 aromatic heterocycles. The SMILES string of the molecule is CCNC(=O)Nc1ccc(-c2sc3c(c2CN(C)CCOC)c(=O)n(-c2ccc(C(N)=O)cc2)c(=O)n3Cc2c(F)cccc2F)cc1. The molecule has 0 fully saturated rings. The fraction of sp³-hybridized carbons (Fsp3) is 0.235. The smallest absolute Gasteiger partial charge is 0.337 e. The standard InChI is InChI=1S/C34H34F2N6O5S/c1-4-38-33(45)39-22-12-8-20(9-13-22)29-25(18-40(2)16-17-47-3)28-31(44)42(23-14-10-21(11-15-23)30(37)43)34(46)41(32(28)48-29)19-24-26(35)6-5-7-27(24)36/h5-15H,4,16-19H2,1-3H3,(H2,37,43)(H2,38,39,45). The highest BCUT2D eigenvalue weighted by atomic mass is 32.1. The molecule has 250 valence electrons. The molecule has 3 aromatic carbocycles. The number of halogens is 2. The number of nitrogens with two attached hydrogens (primary N) is 1. The summed E-state index contributed by atoms with van der Waals surface area (Å²) in [4.78, 5) is 55.2. The van der Waals surface area contributed by atoms with Crippen LogP contribution in [0.5, 0.6) is 0 Å². The maximum absolute atomic E-state index is 15.0. The van der Waals surface area contributed by atoms with Crippen LogP contribution in [-0.2, 0) is 17.8 Å². The molecule has 0 radical (unpaired) electrons. The summed E-state index contributed by atoms with van der Waals surface area (Å²) in [5.74, 6) is -2.37. The molecular formula is C34H34F2N6O5S. The Balaban J connectivity index is 1.79. The second kappa shape index (κ2) is 14.7. The average Bonchev–Trinajstić information content (AvgIpc) is 3.43. The first kappa shape index (κ1) is 34.2.